The number of carbonyl (C=O) groups is 2. The normalized spacial score (nSPS) is 15.2. The van der Waals surface area contributed by atoms with Crippen LogP contribution in [0.4, 0.5) is 5.69 Å². The Morgan fingerprint density at radius 3 is 2.36 bits per heavy atom. The molecular weight excluding hydrogens is 888 g/mol. The maximum atomic E-state index is 15.4. The maximum absolute atomic E-state index is 15.4. The van der Waals surface area contributed by atoms with Gasteiger partial charge in [-0.3, -0.25) is 8.32 Å². The molecule has 0 radical (unpaired) electrons. The molecule has 0 aliphatic carbocycles. The highest BCUT2D eigenvalue weighted by Gasteiger charge is 2.39. The summed E-state index contributed by atoms with van der Waals surface area (Å²) in [6.07, 6.45) is 1.13. The van der Waals surface area contributed by atoms with Gasteiger partial charge in [-0.15, -0.1) is 0 Å². The van der Waals surface area contributed by atoms with Gasteiger partial charge in [0.2, 0.25) is 0 Å². The van der Waals surface area contributed by atoms with Gasteiger partial charge in [0.05, 0.1) is 23.3 Å². The highest BCUT2D eigenvalue weighted by atomic mass is 127. The summed E-state index contributed by atoms with van der Waals surface area (Å²) in [6.45, 7) is 10.8. The second-order valence-corrected chi connectivity index (χ2v) is 16.7. The second-order valence-electron chi connectivity index (χ2n) is 15.2. The molecule has 0 saturated heterocycles. The van der Waals surface area contributed by atoms with E-state index in [0.29, 0.717) is 71.4 Å². The number of rotatable bonds is 14. The van der Waals surface area contributed by atoms with Crippen molar-refractivity contribution in [2.75, 3.05) is 18.1 Å². The molecule has 2 aromatic heterocycles. The van der Waals surface area contributed by atoms with Crippen molar-refractivity contribution >= 4 is 91.1 Å². The molecule has 3 heterocycles. The average molecular weight is 935 g/mol. The first kappa shape index (κ1) is 41.6. The zero-order valence-corrected chi connectivity index (χ0v) is 36.9. The molecule has 10 nitrogen and oxygen atoms in total. The summed E-state index contributed by atoms with van der Waals surface area (Å²) in [5, 5.41) is 21.8. The van der Waals surface area contributed by atoms with Crippen LogP contribution in [0.25, 0.3) is 21.8 Å². The lowest BCUT2D eigenvalue weighted by Gasteiger charge is -2.35. The molecule has 4 aromatic carbocycles. The molecule has 13 heteroatoms. The van der Waals surface area contributed by atoms with E-state index in [4.69, 9.17) is 38.1 Å². The van der Waals surface area contributed by atoms with Gasteiger partial charge in [-0.1, -0.05) is 59.6 Å². The highest BCUT2D eigenvalue weighted by molar-refractivity contribution is 14.1. The third-order valence-electron chi connectivity index (χ3n) is 11.2. The zero-order chi connectivity index (χ0) is 41.6. The molecule has 3 atom stereocenters. The largest absolute Gasteiger partial charge is 0.494 e. The number of amides is 1. The van der Waals surface area contributed by atoms with Gasteiger partial charge in [0.15, 0.2) is 0 Å². The van der Waals surface area contributed by atoms with Crippen LogP contribution < -0.4 is 17.9 Å². The van der Waals surface area contributed by atoms with Crippen molar-refractivity contribution in [2.45, 2.75) is 72.1 Å². The van der Waals surface area contributed by atoms with Crippen LogP contribution >= 0.6 is 46.1 Å². The molecule has 302 valence electrons. The van der Waals surface area contributed by atoms with E-state index in [-0.39, 0.29) is 29.6 Å². The van der Waals surface area contributed by atoms with Crippen LogP contribution in [0.3, 0.4) is 0 Å². The number of carbonyl (C=O) groups excluding carboxylic acids is 1. The Balaban J connectivity index is 1.37. The average Bonchev–Trinajstić information content (AvgIpc) is 3.72. The number of aromatic carboxylic acids is 1. The first-order chi connectivity index (χ1) is 27.7. The number of ether oxygens (including phenoxy) is 2. The predicted octanol–water partition coefficient (Wildman–Crippen LogP) is 11.0. The van der Waals surface area contributed by atoms with E-state index >= 15 is 4.79 Å². The van der Waals surface area contributed by atoms with Crippen molar-refractivity contribution in [1.82, 2.24) is 12.7 Å². The summed E-state index contributed by atoms with van der Waals surface area (Å²) in [5.41, 5.74) is 7.65. The Labute approximate surface area is 362 Å². The van der Waals surface area contributed by atoms with Crippen molar-refractivity contribution in [3.05, 3.63) is 122 Å². The number of hydrogen-bond acceptors (Lipinski definition) is 6. The van der Waals surface area contributed by atoms with Crippen molar-refractivity contribution in [3.8, 4) is 11.5 Å². The Morgan fingerprint density at radius 2 is 1.71 bits per heavy atom. The molecule has 1 amide bonds. The fraction of sp³-hybridized carbons (Fsp3) is 0.311. The van der Waals surface area contributed by atoms with Crippen LogP contribution in [0.15, 0.2) is 72.8 Å². The topological polar surface area (TPSA) is 122 Å². The van der Waals surface area contributed by atoms with E-state index in [2.05, 4.69) is 37.9 Å². The molecule has 3 N–H and O–H groups in total. The van der Waals surface area contributed by atoms with E-state index in [1.807, 2.05) is 87.5 Å². The minimum atomic E-state index is -1.07. The van der Waals surface area contributed by atoms with E-state index in [1.54, 1.807) is 29.5 Å². The van der Waals surface area contributed by atoms with Gasteiger partial charge >= 0.3 is 5.97 Å². The molecular formula is C45H46Cl2IN5O5. The van der Waals surface area contributed by atoms with E-state index in [0.717, 1.165) is 49.5 Å². The number of carboxylic acids is 1. The second kappa shape index (κ2) is 17.0. The van der Waals surface area contributed by atoms with Crippen LogP contribution in [0.5, 0.6) is 11.5 Å². The molecule has 0 bridgehead atoms. The van der Waals surface area contributed by atoms with Gasteiger partial charge in [-0.25, -0.2) is 4.79 Å². The van der Waals surface area contributed by atoms with E-state index in [1.165, 1.54) is 0 Å². The van der Waals surface area contributed by atoms with Gasteiger partial charge in [0, 0.05) is 98.7 Å². The number of anilines is 1. The highest BCUT2D eigenvalue weighted by Crippen LogP contribution is 2.45. The minimum Gasteiger partial charge on any atom is -0.494 e. The fourth-order valence-electron chi connectivity index (χ4n) is 8.43. The summed E-state index contributed by atoms with van der Waals surface area (Å²) >= 11 is 15.7. The summed E-state index contributed by atoms with van der Waals surface area (Å²) in [5.74, 6) is -0.406. The minimum absolute atomic E-state index is 0.0974. The number of aromatic nitrogens is 2. The molecule has 0 spiro atoms. The molecule has 58 heavy (non-hydrogen) atoms. The van der Waals surface area contributed by atoms with Crippen molar-refractivity contribution in [3.63, 3.8) is 0 Å². The van der Waals surface area contributed by atoms with Crippen molar-refractivity contribution in [2.24, 2.45) is 7.05 Å². The third-order valence-corrected chi connectivity index (χ3v) is 13.1. The number of halogens is 3. The van der Waals surface area contributed by atoms with Gasteiger partial charge in [-0.05, 0) is 94.0 Å². The molecule has 0 saturated carbocycles. The number of fused-ring (bicyclic) bond motifs is 4. The summed E-state index contributed by atoms with van der Waals surface area (Å²) in [7, 11) is 1.71. The van der Waals surface area contributed by atoms with Gasteiger partial charge in [-0.2, -0.15) is 0 Å². The van der Waals surface area contributed by atoms with Gasteiger partial charge < -0.3 is 34.0 Å². The van der Waals surface area contributed by atoms with Crippen LogP contribution in [0.2, 0.25) is 10.0 Å². The Hall–Kier alpha value is -4.56. The number of carboxylic acid groups (broad SMARTS) is 1. The quantitative estimate of drug-likeness (QED) is 0.0433. The van der Waals surface area contributed by atoms with E-state index < -0.39 is 5.97 Å². The number of aryl methyl sites for hydroxylation is 4. The molecule has 0 fully saturated rings. The molecule has 6 aromatic rings. The third kappa shape index (κ3) is 7.69. The Morgan fingerprint density at radius 1 is 1.02 bits per heavy atom. The Bertz CT molecular complexity index is 2560. The smallest absolute Gasteiger partial charge is 0.352 e. The van der Waals surface area contributed by atoms with E-state index in [9.17, 15) is 9.90 Å². The molecule has 2 unspecified atom stereocenters. The summed E-state index contributed by atoms with van der Waals surface area (Å²) in [4.78, 5) is 29.5. The number of nitrogens with one attached hydrogen (secondary N) is 2. The molecule has 1 aliphatic heterocycles. The number of benzene rings is 4. The lowest BCUT2D eigenvalue weighted by molar-refractivity contribution is 0.0686. The number of hydrogen-bond donors (Lipinski definition) is 3. The van der Waals surface area contributed by atoms with Crippen LogP contribution in [-0.2, 0) is 20.1 Å². The lowest BCUT2D eigenvalue weighted by Crippen LogP contribution is -2.43. The van der Waals surface area contributed by atoms with Crippen LogP contribution in [-0.4, -0.2) is 51.0 Å². The van der Waals surface area contributed by atoms with Crippen LogP contribution in [0, 0.1) is 19.3 Å². The standard InChI is InChI=1S/C45H46Cl2IN5O5/c1-24-17-30(18-25(2)41(24)47)57-16-10-13-32-33-14-15-35(46)40(39(27(4)49)28(5)50-48)42(33)53-26(3)22-52(44(54)43(32)53)37-20-31(58-23-29-11-8-7-9-12-29)19-36-34(37)21-38(45(55)56)51(36)6/h7-9,11-12,14-15,17-21,26,28,39,49-50H,10,13,16,22-23H2,1-6H3,(H,55,56)/t26-,28?,39?/m1/s1. The van der Waals surface area contributed by atoms with Crippen LogP contribution in [0.1, 0.15) is 87.9 Å². The van der Waals surface area contributed by atoms with Gasteiger partial charge in [0.25, 0.3) is 5.91 Å². The monoisotopic (exact) mass is 933 g/mol. The lowest BCUT2D eigenvalue weighted by atomic mass is 9.87. The Kier molecular flexibility index (Phi) is 12.2. The SMILES string of the molecule is CC(=N)C(c1c(Cl)ccc2c(CCCOc3cc(C)c(Cl)c(C)c3)c3n(c12)[C@H](C)CN(c1cc(OCc2ccccc2)cc2c1cc(C(=O)O)n2C)C3=O)C(C)NI. The zero-order valence-electron chi connectivity index (χ0n) is 33.3. The number of nitrogens with zero attached hydrogens (tertiary/aromatic N) is 3. The fourth-order valence-corrected chi connectivity index (χ4v) is 9.17. The van der Waals surface area contributed by atoms with Gasteiger partial charge in [0.1, 0.15) is 29.5 Å². The summed E-state index contributed by atoms with van der Waals surface area (Å²) < 4.78 is 19.6. The van der Waals surface area contributed by atoms with Crippen molar-refractivity contribution in [1.29, 1.82) is 5.41 Å². The first-order valence-electron chi connectivity index (χ1n) is 19.2. The maximum Gasteiger partial charge on any atom is 0.352 e. The summed E-state index contributed by atoms with van der Waals surface area (Å²) in [6, 6.07) is 22.5. The molecule has 7 rings (SSSR count). The first-order valence-corrected chi connectivity index (χ1v) is 21.1. The van der Waals surface area contributed by atoms with Crippen molar-refractivity contribution < 1.29 is 24.2 Å². The predicted molar refractivity (Wildman–Crippen MR) is 241 cm³/mol. The molecule has 1 aliphatic rings.